The van der Waals surface area contributed by atoms with Gasteiger partial charge in [0.2, 0.25) is 5.78 Å². The molecule has 3 rings (SSSR count). The molecular weight excluding hydrogens is 324 g/mol. The van der Waals surface area contributed by atoms with Gasteiger partial charge in [-0.05, 0) is 31.2 Å². The van der Waals surface area contributed by atoms with Crippen molar-refractivity contribution in [3.63, 3.8) is 0 Å². The third kappa shape index (κ3) is 3.47. The number of hydrogen-bond donors (Lipinski definition) is 0. The third-order valence-electron chi connectivity index (χ3n) is 3.56. The highest BCUT2D eigenvalue weighted by molar-refractivity contribution is 6.14. The van der Waals surface area contributed by atoms with E-state index in [-0.39, 0.29) is 24.8 Å². The van der Waals surface area contributed by atoms with Crippen LogP contribution in [0, 0.1) is 6.92 Å². The number of ketones is 1. The summed E-state index contributed by atoms with van der Waals surface area (Å²) in [6.45, 7) is 5.11. The average Bonchev–Trinajstić information content (AvgIpc) is 3.22. The van der Waals surface area contributed by atoms with Crippen molar-refractivity contribution in [1.82, 2.24) is 0 Å². The normalized spacial score (nSPS) is 14.1. The predicted molar refractivity (Wildman–Crippen MR) is 89.5 cm³/mol. The van der Waals surface area contributed by atoms with E-state index in [0.29, 0.717) is 28.4 Å². The van der Waals surface area contributed by atoms with Gasteiger partial charge in [0.25, 0.3) is 0 Å². The lowest BCUT2D eigenvalue weighted by Crippen LogP contribution is -2.15. The van der Waals surface area contributed by atoms with Crippen molar-refractivity contribution in [3.05, 3.63) is 65.8 Å². The number of esters is 1. The van der Waals surface area contributed by atoms with Gasteiger partial charge in [0, 0.05) is 11.6 Å². The summed E-state index contributed by atoms with van der Waals surface area (Å²) in [5.41, 5.74) is 1.07. The Morgan fingerprint density at radius 1 is 1.32 bits per heavy atom. The molecule has 0 fully saturated rings. The zero-order valence-corrected chi connectivity index (χ0v) is 13.6. The van der Waals surface area contributed by atoms with Crippen molar-refractivity contribution >= 4 is 17.8 Å². The van der Waals surface area contributed by atoms with E-state index in [9.17, 15) is 9.59 Å². The first kappa shape index (κ1) is 16.6. The Bertz CT molecular complexity index is 845. The van der Waals surface area contributed by atoms with Crippen molar-refractivity contribution in [3.8, 4) is 11.5 Å². The minimum Gasteiger partial charge on any atom is -0.481 e. The lowest BCUT2D eigenvalue weighted by atomic mass is 10.1. The second kappa shape index (κ2) is 7.09. The maximum Gasteiger partial charge on any atom is 0.344 e. The molecule has 1 aliphatic rings. The van der Waals surface area contributed by atoms with E-state index < -0.39 is 5.97 Å². The molecule has 2 heterocycles. The van der Waals surface area contributed by atoms with Crippen LogP contribution in [-0.2, 0) is 9.53 Å². The number of fused-ring (bicyclic) bond motifs is 1. The SMILES string of the molecule is C=CCOC(=O)COc1ccc2c(c1C)O/C(=C\c1ccco1)C2=O. The standard InChI is InChI=1S/C19H16O6/c1-3-8-23-17(20)11-24-15-7-6-14-18(21)16(25-19(14)12(15)2)10-13-5-4-9-22-13/h3-7,9-10H,1,8,11H2,2H3/b16-10-. The van der Waals surface area contributed by atoms with E-state index in [1.54, 1.807) is 31.2 Å². The van der Waals surface area contributed by atoms with Gasteiger partial charge in [-0.15, -0.1) is 0 Å². The van der Waals surface area contributed by atoms with E-state index in [1.165, 1.54) is 18.4 Å². The van der Waals surface area contributed by atoms with Crippen molar-refractivity contribution in [2.24, 2.45) is 0 Å². The molecule has 0 radical (unpaired) electrons. The first-order valence-corrected chi connectivity index (χ1v) is 7.61. The molecule has 0 amide bonds. The van der Waals surface area contributed by atoms with Crippen LogP contribution < -0.4 is 9.47 Å². The molecule has 0 spiro atoms. The van der Waals surface area contributed by atoms with Gasteiger partial charge >= 0.3 is 5.97 Å². The highest BCUT2D eigenvalue weighted by atomic mass is 16.6. The molecule has 0 atom stereocenters. The fourth-order valence-electron chi connectivity index (χ4n) is 2.36. The summed E-state index contributed by atoms with van der Waals surface area (Å²) < 4.78 is 21.2. The number of Topliss-reactive ketones (excluding diaryl/α,β-unsaturated/α-hetero) is 1. The minimum absolute atomic E-state index is 0.129. The number of carbonyl (C=O) groups excluding carboxylic acids is 2. The van der Waals surface area contributed by atoms with Crippen molar-refractivity contribution in [2.75, 3.05) is 13.2 Å². The van der Waals surface area contributed by atoms with Crippen LogP contribution in [0.5, 0.6) is 11.5 Å². The van der Waals surface area contributed by atoms with E-state index in [0.717, 1.165) is 0 Å². The van der Waals surface area contributed by atoms with Gasteiger partial charge in [0.1, 0.15) is 23.9 Å². The minimum atomic E-state index is -0.504. The number of carbonyl (C=O) groups is 2. The van der Waals surface area contributed by atoms with E-state index in [4.69, 9.17) is 18.6 Å². The van der Waals surface area contributed by atoms with Gasteiger partial charge in [0.15, 0.2) is 12.4 Å². The first-order chi connectivity index (χ1) is 12.1. The average molecular weight is 340 g/mol. The molecule has 1 aliphatic heterocycles. The van der Waals surface area contributed by atoms with Crippen LogP contribution >= 0.6 is 0 Å². The fraction of sp³-hybridized carbons (Fsp3) is 0.158. The maximum atomic E-state index is 12.4. The van der Waals surface area contributed by atoms with E-state index in [2.05, 4.69) is 6.58 Å². The lowest BCUT2D eigenvalue weighted by Gasteiger charge is -2.10. The van der Waals surface area contributed by atoms with Gasteiger partial charge in [-0.3, -0.25) is 4.79 Å². The highest BCUT2D eigenvalue weighted by Gasteiger charge is 2.30. The number of benzene rings is 1. The van der Waals surface area contributed by atoms with Gasteiger partial charge in [0.05, 0.1) is 11.8 Å². The Kier molecular flexibility index (Phi) is 4.70. The molecule has 6 nitrogen and oxygen atoms in total. The second-order valence-corrected chi connectivity index (χ2v) is 5.28. The number of ether oxygens (including phenoxy) is 3. The van der Waals surface area contributed by atoms with E-state index >= 15 is 0 Å². The Hall–Kier alpha value is -3.28. The van der Waals surface area contributed by atoms with Crippen LogP contribution in [0.4, 0.5) is 0 Å². The second-order valence-electron chi connectivity index (χ2n) is 5.28. The maximum absolute atomic E-state index is 12.4. The Labute approximate surface area is 144 Å². The molecule has 0 saturated carbocycles. The molecule has 6 heteroatoms. The molecule has 1 aromatic carbocycles. The van der Waals surface area contributed by atoms with Crippen molar-refractivity contribution in [2.45, 2.75) is 6.92 Å². The molecule has 0 saturated heterocycles. The quantitative estimate of drug-likeness (QED) is 0.456. The predicted octanol–water partition coefficient (Wildman–Crippen LogP) is 3.31. The molecular formula is C19H16O6. The molecule has 0 unspecified atom stereocenters. The molecule has 128 valence electrons. The monoisotopic (exact) mass is 340 g/mol. The van der Waals surface area contributed by atoms with Crippen molar-refractivity contribution < 1.29 is 28.2 Å². The zero-order chi connectivity index (χ0) is 17.8. The summed E-state index contributed by atoms with van der Waals surface area (Å²) in [4.78, 5) is 23.9. The van der Waals surface area contributed by atoms with Crippen LogP contribution in [0.1, 0.15) is 21.7 Å². The largest absolute Gasteiger partial charge is 0.481 e. The fourth-order valence-corrected chi connectivity index (χ4v) is 2.36. The Balaban J connectivity index is 1.77. The van der Waals surface area contributed by atoms with Crippen LogP contribution in [0.25, 0.3) is 6.08 Å². The third-order valence-corrected chi connectivity index (χ3v) is 3.56. The smallest absolute Gasteiger partial charge is 0.344 e. The zero-order valence-electron chi connectivity index (χ0n) is 13.6. The van der Waals surface area contributed by atoms with E-state index in [1.807, 2.05) is 0 Å². The summed E-state index contributed by atoms with van der Waals surface area (Å²) in [7, 11) is 0. The van der Waals surface area contributed by atoms with Gasteiger partial charge in [-0.1, -0.05) is 12.7 Å². The topological polar surface area (TPSA) is 75.0 Å². The Morgan fingerprint density at radius 2 is 2.16 bits per heavy atom. The van der Waals surface area contributed by atoms with Gasteiger partial charge < -0.3 is 18.6 Å². The molecule has 0 bridgehead atoms. The molecule has 2 aromatic rings. The number of allylic oxidation sites excluding steroid dienone is 1. The molecule has 1 aromatic heterocycles. The van der Waals surface area contributed by atoms with Crippen LogP contribution in [-0.4, -0.2) is 25.0 Å². The van der Waals surface area contributed by atoms with Crippen molar-refractivity contribution in [1.29, 1.82) is 0 Å². The summed E-state index contributed by atoms with van der Waals surface area (Å²) in [5.74, 6) is 0.827. The Morgan fingerprint density at radius 3 is 2.88 bits per heavy atom. The molecule has 0 aliphatic carbocycles. The van der Waals surface area contributed by atoms with Gasteiger partial charge in [-0.2, -0.15) is 0 Å². The van der Waals surface area contributed by atoms with Crippen LogP contribution in [0.3, 0.4) is 0 Å². The first-order valence-electron chi connectivity index (χ1n) is 7.61. The number of rotatable bonds is 6. The van der Waals surface area contributed by atoms with Crippen LogP contribution in [0.2, 0.25) is 0 Å². The number of hydrogen-bond acceptors (Lipinski definition) is 6. The summed E-state index contributed by atoms with van der Waals surface area (Å²) in [6, 6.07) is 6.69. The van der Waals surface area contributed by atoms with Crippen LogP contribution in [0.15, 0.2) is 53.4 Å². The number of furan rings is 1. The lowest BCUT2D eigenvalue weighted by molar-refractivity contribution is -0.144. The van der Waals surface area contributed by atoms with Gasteiger partial charge in [-0.25, -0.2) is 4.79 Å². The highest BCUT2D eigenvalue weighted by Crippen LogP contribution is 2.39. The summed E-state index contributed by atoms with van der Waals surface area (Å²) >= 11 is 0. The summed E-state index contributed by atoms with van der Waals surface area (Å²) in [5, 5.41) is 0. The molecule has 25 heavy (non-hydrogen) atoms. The molecule has 0 N–H and O–H groups in total. The summed E-state index contributed by atoms with van der Waals surface area (Å²) in [6.07, 6.45) is 4.53.